The van der Waals surface area contributed by atoms with Gasteiger partial charge in [0.15, 0.2) is 11.6 Å². The molecule has 1 unspecified atom stereocenters. The SMILES string of the molecule is COc1ccc(C(=O)N2CCCCCC2c2cccn2C)cc1F. The van der Waals surface area contributed by atoms with Crippen molar-refractivity contribution in [1.82, 2.24) is 9.47 Å². The summed E-state index contributed by atoms with van der Waals surface area (Å²) in [5.74, 6) is -0.473. The Morgan fingerprint density at radius 3 is 2.75 bits per heavy atom. The maximum atomic E-state index is 14.0. The highest BCUT2D eigenvalue weighted by molar-refractivity contribution is 5.94. The number of aryl methyl sites for hydroxylation is 1. The zero-order valence-corrected chi connectivity index (χ0v) is 14.2. The molecule has 3 rings (SSSR count). The molecule has 1 atom stereocenters. The van der Waals surface area contributed by atoms with E-state index in [9.17, 15) is 9.18 Å². The maximum Gasteiger partial charge on any atom is 0.254 e. The number of hydrogen-bond donors (Lipinski definition) is 0. The number of ether oxygens (including phenoxy) is 1. The van der Waals surface area contributed by atoms with E-state index in [0.717, 1.165) is 31.4 Å². The highest BCUT2D eigenvalue weighted by Crippen LogP contribution is 2.32. The van der Waals surface area contributed by atoms with Crippen LogP contribution >= 0.6 is 0 Å². The number of halogens is 1. The second kappa shape index (κ2) is 7.07. The van der Waals surface area contributed by atoms with Gasteiger partial charge in [-0.05, 0) is 43.2 Å². The number of likely N-dealkylation sites (tertiary alicyclic amines) is 1. The third-order valence-electron chi connectivity index (χ3n) is 4.74. The molecule has 24 heavy (non-hydrogen) atoms. The van der Waals surface area contributed by atoms with Crippen LogP contribution in [0.3, 0.4) is 0 Å². The molecular weight excluding hydrogens is 307 g/mol. The number of benzene rings is 1. The Kier molecular flexibility index (Phi) is 4.88. The molecular formula is C19H23FN2O2. The average Bonchev–Trinajstić information content (AvgIpc) is 2.86. The second-order valence-corrected chi connectivity index (χ2v) is 6.26. The van der Waals surface area contributed by atoms with Gasteiger partial charge in [-0.25, -0.2) is 4.39 Å². The van der Waals surface area contributed by atoms with E-state index in [-0.39, 0.29) is 17.7 Å². The van der Waals surface area contributed by atoms with E-state index in [4.69, 9.17) is 4.74 Å². The fourth-order valence-electron chi connectivity index (χ4n) is 3.44. The largest absolute Gasteiger partial charge is 0.494 e. The van der Waals surface area contributed by atoms with Crippen molar-refractivity contribution in [2.24, 2.45) is 7.05 Å². The van der Waals surface area contributed by atoms with Gasteiger partial charge >= 0.3 is 0 Å². The van der Waals surface area contributed by atoms with Crippen LogP contribution in [0, 0.1) is 5.82 Å². The van der Waals surface area contributed by atoms with Gasteiger partial charge in [-0.2, -0.15) is 0 Å². The molecule has 1 amide bonds. The number of carbonyl (C=O) groups is 1. The fourth-order valence-corrected chi connectivity index (χ4v) is 3.44. The van der Waals surface area contributed by atoms with Crippen molar-refractivity contribution < 1.29 is 13.9 Å². The molecule has 1 fully saturated rings. The van der Waals surface area contributed by atoms with Crippen LogP contribution in [0.1, 0.15) is 47.8 Å². The minimum absolute atomic E-state index is 0.0326. The van der Waals surface area contributed by atoms with Crippen LogP contribution in [0.25, 0.3) is 0 Å². The maximum absolute atomic E-state index is 14.0. The molecule has 1 aromatic heterocycles. The molecule has 0 saturated carbocycles. The zero-order valence-electron chi connectivity index (χ0n) is 14.2. The topological polar surface area (TPSA) is 34.5 Å². The zero-order chi connectivity index (χ0) is 17.1. The first-order valence-corrected chi connectivity index (χ1v) is 8.37. The molecule has 2 aromatic rings. The molecule has 2 heterocycles. The highest BCUT2D eigenvalue weighted by Gasteiger charge is 2.29. The lowest BCUT2D eigenvalue weighted by Crippen LogP contribution is -2.35. The number of amides is 1. The summed E-state index contributed by atoms with van der Waals surface area (Å²) in [6, 6.07) is 8.51. The lowest BCUT2D eigenvalue weighted by molar-refractivity contribution is 0.0674. The van der Waals surface area contributed by atoms with Crippen molar-refractivity contribution in [3.8, 4) is 5.75 Å². The van der Waals surface area contributed by atoms with Crippen molar-refractivity contribution in [2.75, 3.05) is 13.7 Å². The molecule has 0 radical (unpaired) electrons. The number of hydrogen-bond acceptors (Lipinski definition) is 2. The van der Waals surface area contributed by atoms with Gasteiger partial charge in [0.1, 0.15) is 0 Å². The minimum atomic E-state index is -0.506. The Balaban J connectivity index is 1.92. The molecule has 1 aliphatic heterocycles. The summed E-state index contributed by atoms with van der Waals surface area (Å²) in [6.45, 7) is 0.697. The molecule has 1 aliphatic rings. The Morgan fingerprint density at radius 1 is 1.25 bits per heavy atom. The van der Waals surface area contributed by atoms with Crippen molar-refractivity contribution in [2.45, 2.75) is 31.7 Å². The third-order valence-corrected chi connectivity index (χ3v) is 4.74. The summed E-state index contributed by atoms with van der Waals surface area (Å²) in [7, 11) is 3.41. The normalized spacial score (nSPS) is 18.3. The van der Waals surface area contributed by atoms with Crippen molar-refractivity contribution in [3.63, 3.8) is 0 Å². The smallest absolute Gasteiger partial charge is 0.254 e. The van der Waals surface area contributed by atoms with Crippen molar-refractivity contribution in [1.29, 1.82) is 0 Å². The van der Waals surface area contributed by atoms with Crippen LogP contribution in [0.15, 0.2) is 36.5 Å². The van der Waals surface area contributed by atoms with Crippen LogP contribution < -0.4 is 4.74 Å². The van der Waals surface area contributed by atoms with E-state index >= 15 is 0 Å². The highest BCUT2D eigenvalue weighted by atomic mass is 19.1. The van der Waals surface area contributed by atoms with E-state index in [0.29, 0.717) is 12.1 Å². The molecule has 1 aromatic carbocycles. The quantitative estimate of drug-likeness (QED) is 0.854. The summed E-state index contributed by atoms with van der Waals surface area (Å²) >= 11 is 0. The molecule has 5 heteroatoms. The van der Waals surface area contributed by atoms with Crippen LogP contribution in [0.2, 0.25) is 0 Å². The minimum Gasteiger partial charge on any atom is -0.494 e. The lowest BCUT2D eigenvalue weighted by atomic mass is 10.1. The van der Waals surface area contributed by atoms with Crippen molar-refractivity contribution >= 4 is 5.91 Å². The van der Waals surface area contributed by atoms with E-state index in [2.05, 4.69) is 10.6 Å². The van der Waals surface area contributed by atoms with E-state index in [1.54, 1.807) is 6.07 Å². The summed E-state index contributed by atoms with van der Waals surface area (Å²) < 4.78 is 21.0. The van der Waals surface area contributed by atoms with Crippen molar-refractivity contribution in [3.05, 3.63) is 53.6 Å². The van der Waals surface area contributed by atoms with Gasteiger partial charge in [0, 0.05) is 31.0 Å². The van der Waals surface area contributed by atoms with Crippen LogP contribution in [-0.4, -0.2) is 29.0 Å². The molecule has 0 spiro atoms. The van der Waals surface area contributed by atoms with Gasteiger partial charge in [0.2, 0.25) is 0 Å². The molecule has 128 valence electrons. The average molecular weight is 330 g/mol. The monoisotopic (exact) mass is 330 g/mol. The van der Waals surface area contributed by atoms with E-state index < -0.39 is 5.82 Å². The Labute approximate surface area is 141 Å². The number of nitrogens with zero attached hydrogens (tertiary/aromatic N) is 2. The molecule has 1 saturated heterocycles. The third kappa shape index (κ3) is 3.16. The molecule has 4 nitrogen and oxygen atoms in total. The predicted octanol–water partition coefficient (Wildman–Crippen LogP) is 3.93. The summed E-state index contributed by atoms with van der Waals surface area (Å²) in [5.41, 5.74) is 1.49. The first kappa shape index (κ1) is 16.6. The Morgan fingerprint density at radius 2 is 2.08 bits per heavy atom. The van der Waals surface area contributed by atoms with Gasteiger partial charge < -0.3 is 14.2 Å². The first-order chi connectivity index (χ1) is 11.6. The van der Waals surface area contributed by atoms with Crippen LogP contribution in [-0.2, 0) is 7.05 Å². The van der Waals surface area contributed by atoms with E-state index in [1.165, 1.54) is 19.2 Å². The number of rotatable bonds is 3. The number of aromatic nitrogens is 1. The Hall–Kier alpha value is -2.30. The number of carbonyl (C=O) groups excluding carboxylic acids is 1. The van der Waals surface area contributed by atoms with Crippen LogP contribution in [0.5, 0.6) is 5.75 Å². The first-order valence-electron chi connectivity index (χ1n) is 8.37. The van der Waals surface area contributed by atoms with E-state index in [1.807, 2.05) is 24.2 Å². The summed E-state index contributed by atoms with van der Waals surface area (Å²) in [5, 5.41) is 0. The fraction of sp³-hybridized carbons (Fsp3) is 0.421. The molecule has 0 bridgehead atoms. The lowest BCUT2D eigenvalue weighted by Gasteiger charge is -2.31. The van der Waals surface area contributed by atoms with Gasteiger partial charge in [-0.15, -0.1) is 0 Å². The number of methoxy groups -OCH3 is 1. The van der Waals surface area contributed by atoms with Gasteiger partial charge in [-0.1, -0.05) is 12.8 Å². The van der Waals surface area contributed by atoms with Gasteiger partial charge in [-0.3, -0.25) is 4.79 Å². The standard InChI is InChI=1S/C19H23FN2O2/c1-21-11-6-8-16(21)17-7-4-3-5-12-22(17)19(23)14-9-10-18(24-2)15(20)13-14/h6,8-11,13,17H,3-5,7,12H2,1-2H3. The van der Waals surface area contributed by atoms with Gasteiger partial charge in [0.25, 0.3) is 5.91 Å². The predicted molar refractivity (Wildman–Crippen MR) is 90.6 cm³/mol. The van der Waals surface area contributed by atoms with Gasteiger partial charge in [0.05, 0.1) is 13.2 Å². The summed E-state index contributed by atoms with van der Waals surface area (Å²) in [4.78, 5) is 14.9. The molecule has 0 aliphatic carbocycles. The second-order valence-electron chi connectivity index (χ2n) is 6.26. The summed E-state index contributed by atoms with van der Waals surface area (Å²) in [6.07, 6.45) is 6.11. The Bertz CT molecular complexity index is 726. The molecule has 0 N–H and O–H groups in total. The van der Waals surface area contributed by atoms with Crippen LogP contribution in [0.4, 0.5) is 4.39 Å².